The normalized spacial score (nSPS) is 19.1. The van der Waals surface area contributed by atoms with E-state index in [-0.39, 0.29) is 11.6 Å². The summed E-state index contributed by atoms with van der Waals surface area (Å²) in [4.78, 5) is 0. The van der Waals surface area contributed by atoms with Gasteiger partial charge in [-0.1, -0.05) is 48.0 Å². The minimum Gasteiger partial charge on any atom is -0.486 e. The van der Waals surface area contributed by atoms with E-state index >= 15 is 0 Å². The molecule has 1 heterocycles. The van der Waals surface area contributed by atoms with Crippen molar-refractivity contribution in [2.24, 2.45) is 0 Å². The molecule has 0 radical (unpaired) electrons. The molecule has 1 N–H and O–H groups in total. The maximum absolute atomic E-state index is 6.07. The Hall–Kier alpha value is -1.80. The molecule has 0 fully saturated rings. The van der Waals surface area contributed by atoms with E-state index < -0.39 is 0 Å². The molecule has 2 nitrogen and oxygen atoms in total. The Morgan fingerprint density at radius 2 is 1.90 bits per heavy atom. The summed E-state index contributed by atoms with van der Waals surface area (Å²) in [6.45, 7) is 7.39. The first-order chi connectivity index (χ1) is 10.1. The van der Waals surface area contributed by atoms with Crippen LogP contribution >= 0.6 is 0 Å². The van der Waals surface area contributed by atoms with Crippen LogP contribution < -0.4 is 10.1 Å². The van der Waals surface area contributed by atoms with E-state index in [1.165, 1.54) is 16.7 Å². The van der Waals surface area contributed by atoms with E-state index in [0.29, 0.717) is 0 Å². The van der Waals surface area contributed by atoms with E-state index in [4.69, 9.17) is 4.74 Å². The Morgan fingerprint density at radius 3 is 2.71 bits per heavy atom. The third-order valence-corrected chi connectivity index (χ3v) is 4.14. The Balaban J connectivity index is 1.67. The maximum Gasteiger partial charge on any atom is 0.125 e. The van der Waals surface area contributed by atoms with Gasteiger partial charge in [0.1, 0.15) is 11.4 Å². The first kappa shape index (κ1) is 14.2. The number of nitrogens with one attached hydrogen (secondary N) is 1. The molecule has 1 aliphatic rings. The van der Waals surface area contributed by atoms with E-state index in [1.54, 1.807) is 0 Å². The monoisotopic (exact) mass is 281 g/mol. The average molecular weight is 281 g/mol. The number of hydrogen-bond donors (Lipinski definition) is 1. The molecule has 1 aliphatic heterocycles. The molecular formula is C19H23NO. The fourth-order valence-electron chi connectivity index (χ4n) is 3.11. The zero-order valence-corrected chi connectivity index (χ0v) is 13.0. The summed E-state index contributed by atoms with van der Waals surface area (Å²) in [5.74, 6) is 1.01. The molecule has 0 amide bonds. The van der Waals surface area contributed by atoms with E-state index in [2.05, 4.69) is 68.6 Å². The fraction of sp³-hybridized carbons (Fsp3) is 0.368. The minimum absolute atomic E-state index is 0.198. The van der Waals surface area contributed by atoms with E-state index in [9.17, 15) is 0 Å². The van der Waals surface area contributed by atoms with Crippen molar-refractivity contribution in [3.8, 4) is 5.75 Å². The summed E-state index contributed by atoms with van der Waals surface area (Å²) in [6.07, 6.45) is 1.04. The van der Waals surface area contributed by atoms with Crippen LogP contribution in [0.3, 0.4) is 0 Å². The van der Waals surface area contributed by atoms with Gasteiger partial charge >= 0.3 is 0 Å². The highest BCUT2D eigenvalue weighted by Crippen LogP contribution is 2.42. The van der Waals surface area contributed by atoms with Crippen LogP contribution in [0.2, 0.25) is 0 Å². The van der Waals surface area contributed by atoms with Gasteiger partial charge in [0.2, 0.25) is 0 Å². The van der Waals surface area contributed by atoms with Crippen molar-refractivity contribution in [2.75, 3.05) is 6.54 Å². The van der Waals surface area contributed by atoms with Crippen LogP contribution in [-0.2, 0) is 6.42 Å². The molecular weight excluding hydrogens is 258 g/mol. The van der Waals surface area contributed by atoms with Gasteiger partial charge in [0.05, 0.1) is 6.04 Å². The van der Waals surface area contributed by atoms with Crippen molar-refractivity contribution < 1.29 is 4.74 Å². The largest absolute Gasteiger partial charge is 0.486 e. The third-order valence-electron chi connectivity index (χ3n) is 4.14. The van der Waals surface area contributed by atoms with Crippen molar-refractivity contribution in [1.82, 2.24) is 5.32 Å². The van der Waals surface area contributed by atoms with Crippen molar-refractivity contribution in [3.63, 3.8) is 0 Å². The van der Waals surface area contributed by atoms with Crippen molar-refractivity contribution in [2.45, 2.75) is 38.8 Å². The van der Waals surface area contributed by atoms with Gasteiger partial charge in [-0.25, -0.2) is 0 Å². The lowest BCUT2D eigenvalue weighted by Crippen LogP contribution is -2.39. The number of aryl methyl sites for hydroxylation is 1. The number of hydrogen-bond acceptors (Lipinski definition) is 2. The number of fused-ring (bicyclic) bond motifs is 1. The quantitative estimate of drug-likeness (QED) is 0.913. The molecule has 21 heavy (non-hydrogen) atoms. The van der Waals surface area contributed by atoms with E-state index in [0.717, 1.165) is 18.7 Å². The van der Waals surface area contributed by atoms with Crippen LogP contribution in [0.15, 0.2) is 48.5 Å². The molecule has 0 saturated heterocycles. The van der Waals surface area contributed by atoms with Crippen LogP contribution in [0.25, 0.3) is 0 Å². The first-order valence-corrected chi connectivity index (χ1v) is 7.63. The zero-order chi connectivity index (χ0) is 14.9. The lowest BCUT2D eigenvalue weighted by molar-refractivity contribution is 0.0968. The zero-order valence-electron chi connectivity index (χ0n) is 13.0. The van der Waals surface area contributed by atoms with Crippen LogP contribution in [0.4, 0.5) is 0 Å². The van der Waals surface area contributed by atoms with Crippen LogP contribution in [0, 0.1) is 6.92 Å². The highest BCUT2D eigenvalue weighted by Gasteiger charge is 2.40. The van der Waals surface area contributed by atoms with Gasteiger partial charge in [-0.15, -0.1) is 0 Å². The number of rotatable bonds is 4. The molecule has 0 aromatic heterocycles. The third kappa shape index (κ3) is 2.96. The molecule has 0 aliphatic carbocycles. The van der Waals surface area contributed by atoms with Gasteiger partial charge < -0.3 is 10.1 Å². The second-order valence-electron chi connectivity index (χ2n) is 6.37. The van der Waals surface area contributed by atoms with Crippen molar-refractivity contribution in [3.05, 3.63) is 65.2 Å². The minimum atomic E-state index is -0.198. The topological polar surface area (TPSA) is 21.3 Å². The lowest BCUT2D eigenvalue weighted by atomic mass is 9.94. The van der Waals surface area contributed by atoms with Crippen molar-refractivity contribution >= 4 is 0 Å². The first-order valence-electron chi connectivity index (χ1n) is 7.63. The molecule has 2 aromatic rings. The second kappa shape index (κ2) is 5.53. The Labute approximate surface area is 127 Å². The SMILES string of the molecule is Cc1cccc(CCNC2c3ccccc3OC2(C)C)c1. The molecule has 2 aromatic carbocycles. The maximum atomic E-state index is 6.07. The summed E-state index contributed by atoms with van der Waals surface area (Å²) >= 11 is 0. The lowest BCUT2D eigenvalue weighted by Gasteiger charge is -2.27. The molecule has 2 heteroatoms. The summed E-state index contributed by atoms with van der Waals surface area (Å²) in [5, 5.41) is 3.67. The Kier molecular flexibility index (Phi) is 3.73. The van der Waals surface area contributed by atoms with Crippen LogP contribution in [-0.4, -0.2) is 12.1 Å². The number of ether oxygens (including phenoxy) is 1. The molecule has 3 rings (SSSR count). The second-order valence-corrected chi connectivity index (χ2v) is 6.37. The van der Waals surface area contributed by atoms with Gasteiger partial charge in [0.25, 0.3) is 0 Å². The van der Waals surface area contributed by atoms with E-state index in [1.807, 2.05) is 6.07 Å². The fourth-order valence-corrected chi connectivity index (χ4v) is 3.11. The highest BCUT2D eigenvalue weighted by atomic mass is 16.5. The standard InChI is InChI=1S/C19H23NO/c1-14-7-6-8-15(13-14)11-12-20-18-16-9-4-5-10-17(16)21-19(18,2)3/h4-10,13,18,20H,11-12H2,1-3H3. The van der Waals surface area contributed by atoms with Gasteiger partial charge in [-0.2, -0.15) is 0 Å². The molecule has 0 spiro atoms. The molecule has 1 atom stereocenters. The predicted molar refractivity (Wildman–Crippen MR) is 86.8 cm³/mol. The van der Waals surface area contributed by atoms with Gasteiger partial charge in [-0.05, 0) is 45.4 Å². The van der Waals surface area contributed by atoms with Crippen LogP contribution in [0.5, 0.6) is 5.75 Å². The number of benzene rings is 2. The van der Waals surface area contributed by atoms with Crippen molar-refractivity contribution in [1.29, 1.82) is 0 Å². The van der Waals surface area contributed by atoms with Gasteiger partial charge in [0.15, 0.2) is 0 Å². The highest BCUT2D eigenvalue weighted by molar-refractivity contribution is 5.42. The molecule has 0 bridgehead atoms. The summed E-state index contributed by atoms with van der Waals surface area (Å²) < 4.78 is 6.07. The Morgan fingerprint density at radius 1 is 1.10 bits per heavy atom. The summed E-state index contributed by atoms with van der Waals surface area (Å²) in [5.41, 5.74) is 3.78. The number of para-hydroxylation sites is 1. The predicted octanol–water partition coefficient (Wildman–Crippen LogP) is 4.04. The molecule has 0 saturated carbocycles. The summed E-state index contributed by atoms with van der Waals surface area (Å²) in [7, 11) is 0. The Bertz CT molecular complexity index is 633. The van der Waals surface area contributed by atoms with Gasteiger partial charge in [-0.3, -0.25) is 0 Å². The van der Waals surface area contributed by atoms with Gasteiger partial charge in [0, 0.05) is 5.56 Å². The molecule has 110 valence electrons. The molecule has 1 unspecified atom stereocenters. The average Bonchev–Trinajstić information content (AvgIpc) is 2.70. The summed E-state index contributed by atoms with van der Waals surface area (Å²) in [6, 6.07) is 17.3. The van der Waals surface area contributed by atoms with Crippen LogP contribution in [0.1, 0.15) is 36.6 Å². The smallest absolute Gasteiger partial charge is 0.125 e.